The van der Waals surface area contributed by atoms with Crippen LogP contribution in [-0.4, -0.2) is 23.2 Å². The average molecular weight is 248 g/mol. The van der Waals surface area contributed by atoms with Gasteiger partial charge in [-0.2, -0.15) is 13.2 Å². The molecule has 0 saturated heterocycles. The molecule has 1 rings (SSSR count). The fourth-order valence-corrected chi connectivity index (χ4v) is 1.40. The van der Waals surface area contributed by atoms with Crippen molar-refractivity contribution >= 4 is 5.82 Å². The molecule has 0 bridgehead atoms. The van der Waals surface area contributed by atoms with Crippen LogP contribution in [0.3, 0.4) is 0 Å². The quantitative estimate of drug-likeness (QED) is 0.761. The summed E-state index contributed by atoms with van der Waals surface area (Å²) in [7, 11) is 0. The van der Waals surface area contributed by atoms with Crippen molar-refractivity contribution in [3.63, 3.8) is 0 Å². The third-order valence-electron chi connectivity index (χ3n) is 2.24. The van der Waals surface area contributed by atoms with E-state index in [1.54, 1.807) is 0 Å². The largest absolute Gasteiger partial charge is 0.419 e. The first-order valence-corrected chi connectivity index (χ1v) is 5.42. The molecule has 0 atom stereocenters. The number of hydrogen-bond donors (Lipinski definition) is 2. The number of aliphatic hydroxyl groups is 1. The van der Waals surface area contributed by atoms with E-state index in [0.717, 1.165) is 12.5 Å². The third-order valence-corrected chi connectivity index (χ3v) is 2.24. The van der Waals surface area contributed by atoms with E-state index in [1.807, 2.05) is 0 Å². The summed E-state index contributed by atoms with van der Waals surface area (Å²) in [5, 5.41) is 11.2. The molecule has 1 aromatic heterocycles. The van der Waals surface area contributed by atoms with Crippen LogP contribution in [0.5, 0.6) is 0 Å². The molecular formula is C11H15F3N2O. The number of aromatic nitrogens is 1. The maximum absolute atomic E-state index is 12.6. The molecule has 0 aliphatic heterocycles. The standard InChI is InChI=1S/C11H15F3N2O/c12-11(13,14)9-5-4-7-16-10(9)15-6-2-1-3-8-17/h4-5,7,17H,1-3,6,8H2,(H,15,16). The summed E-state index contributed by atoms with van der Waals surface area (Å²) < 4.78 is 37.7. The minimum absolute atomic E-state index is 0.109. The molecule has 0 radical (unpaired) electrons. The van der Waals surface area contributed by atoms with E-state index in [9.17, 15) is 13.2 Å². The molecule has 3 nitrogen and oxygen atoms in total. The van der Waals surface area contributed by atoms with Gasteiger partial charge in [-0.3, -0.25) is 0 Å². The highest BCUT2D eigenvalue weighted by Gasteiger charge is 2.33. The van der Waals surface area contributed by atoms with Crippen LogP contribution >= 0.6 is 0 Å². The topological polar surface area (TPSA) is 45.1 Å². The van der Waals surface area contributed by atoms with Gasteiger partial charge in [-0.25, -0.2) is 4.98 Å². The molecule has 0 amide bonds. The lowest BCUT2D eigenvalue weighted by Crippen LogP contribution is -2.13. The van der Waals surface area contributed by atoms with E-state index in [2.05, 4.69) is 10.3 Å². The Labute approximate surface area is 97.7 Å². The molecule has 0 aliphatic rings. The van der Waals surface area contributed by atoms with Crippen molar-refractivity contribution in [2.24, 2.45) is 0 Å². The molecule has 17 heavy (non-hydrogen) atoms. The second-order valence-corrected chi connectivity index (χ2v) is 3.61. The van der Waals surface area contributed by atoms with Gasteiger partial charge in [0.25, 0.3) is 0 Å². The van der Waals surface area contributed by atoms with Gasteiger partial charge >= 0.3 is 6.18 Å². The Morgan fingerprint density at radius 1 is 1.24 bits per heavy atom. The van der Waals surface area contributed by atoms with E-state index in [1.165, 1.54) is 12.3 Å². The minimum Gasteiger partial charge on any atom is -0.396 e. The Kier molecular flexibility index (Phi) is 5.21. The van der Waals surface area contributed by atoms with Gasteiger partial charge in [0.05, 0.1) is 5.56 Å². The Hall–Kier alpha value is -1.30. The van der Waals surface area contributed by atoms with Gasteiger partial charge in [-0.05, 0) is 31.4 Å². The van der Waals surface area contributed by atoms with Crippen molar-refractivity contribution in [2.45, 2.75) is 25.4 Å². The van der Waals surface area contributed by atoms with Crippen molar-refractivity contribution < 1.29 is 18.3 Å². The number of halogens is 3. The highest BCUT2D eigenvalue weighted by molar-refractivity contribution is 5.45. The van der Waals surface area contributed by atoms with Crippen LogP contribution in [0.15, 0.2) is 18.3 Å². The molecule has 6 heteroatoms. The summed E-state index contributed by atoms with van der Waals surface area (Å²) in [5.41, 5.74) is -0.748. The van der Waals surface area contributed by atoms with Crippen LogP contribution in [0.1, 0.15) is 24.8 Å². The van der Waals surface area contributed by atoms with Crippen LogP contribution < -0.4 is 5.32 Å². The molecule has 0 saturated carbocycles. The van der Waals surface area contributed by atoms with E-state index in [4.69, 9.17) is 5.11 Å². The van der Waals surface area contributed by atoms with Crippen LogP contribution in [0, 0.1) is 0 Å². The first kappa shape index (κ1) is 13.8. The first-order valence-electron chi connectivity index (χ1n) is 5.42. The number of nitrogens with zero attached hydrogens (tertiary/aromatic N) is 1. The molecule has 1 heterocycles. The number of anilines is 1. The van der Waals surface area contributed by atoms with Gasteiger partial charge in [0.15, 0.2) is 0 Å². The highest BCUT2D eigenvalue weighted by atomic mass is 19.4. The van der Waals surface area contributed by atoms with E-state index >= 15 is 0 Å². The van der Waals surface area contributed by atoms with Crippen molar-refractivity contribution in [3.8, 4) is 0 Å². The summed E-state index contributed by atoms with van der Waals surface area (Å²) in [6.07, 6.45) is -0.921. The van der Waals surface area contributed by atoms with E-state index in [-0.39, 0.29) is 12.4 Å². The van der Waals surface area contributed by atoms with Gasteiger partial charge in [0.1, 0.15) is 5.82 Å². The summed E-state index contributed by atoms with van der Waals surface area (Å²) in [6.45, 7) is 0.525. The molecule has 0 aliphatic carbocycles. The number of unbranched alkanes of at least 4 members (excludes halogenated alkanes) is 2. The fraction of sp³-hybridized carbons (Fsp3) is 0.545. The summed E-state index contributed by atoms with van der Waals surface area (Å²) >= 11 is 0. The van der Waals surface area contributed by atoms with Crippen LogP contribution in [0.4, 0.5) is 19.0 Å². The second kappa shape index (κ2) is 6.44. The van der Waals surface area contributed by atoms with Gasteiger partial charge in [-0.15, -0.1) is 0 Å². The van der Waals surface area contributed by atoms with Crippen molar-refractivity contribution in [2.75, 3.05) is 18.5 Å². The minimum atomic E-state index is -4.39. The predicted octanol–water partition coefficient (Wildman–Crippen LogP) is 2.67. The smallest absolute Gasteiger partial charge is 0.396 e. The third kappa shape index (κ3) is 4.60. The molecule has 0 fully saturated rings. The average Bonchev–Trinajstić information content (AvgIpc) is 2.28. The zero-order valence-electron chi connectivity index (χ0n) is 9.30. The van der Waals surface area contributed by atoms with Crippen LogP contribution in [0.2, 0.25) is 0 Å². The Morgan fingerprint density at radius 3 is 2.65 bits per heavy atom. The van der Waals surface area contributed by atoms with Crippen molar-refractivity contribution in [1.29, 1.82) is 0 Å². The first-order chi connectivity index (χ1) is 8.05. The molecule has 1 aromatic rings. The number of pyridine rings is 1. The molecular weight excluding hydrogens is 233 g/mol. The number of alkyl halides is 3. The predicted molar refractivity (Wildman–Crippen MR) is 58.7 cm³/mol. The molecule has 2 N–H and O–H groups in total. The lowest BCUT2D eigenvalue weighted by atomic mass is 10.2. The Morgan fingerprint density at radius 2 is 2.00 bits per heavy atom. The maximum Gasteiger partial charge on any atom is 0.419 e. The summed E-state index contributed by atoms with van der Waals surface area (Å²) in [4.78, 5) is 3.68. The summed E-state index contributed by atoms with van der Waals surface area (Å²) in [5.74, 6) is -0.135. The van der Waals surface area contributed by atoms with Crippen molar-refractivity contribution in [1.82, 2.24) is 4.98 Å². The zero-order valence-corrected chi connectivity index (χ0v) is 9.30. The number of rotatable bonds is 6. The number of nitrogens with one attached hydrogen (secondary N) is 1. The highest BCUT2D eigenvalue weighted by Crippen LogP contribution is 2.33. The van der Waals surface area contributed by atoms with Gasteiger partial charge in [0, 0.05) is 19.3 Å². The lowest BCUT2D eigenvalue weighted by Gasteiger charge is -2.12. The number of hydrogen-bond acceptors (Lipinski definition) is 3. The summed E-state index contributed by atoms with van der Waals surface area (Å²) in [6, 6.07) is 2.27. The molecule has 0 spiro atoms. The maximum atomic E-state index is 12.6. The van der Waals surface area contributed by atoms with Gasteiger partial charge in [-0.1, -0.05) is 0 Å². The van der Waals surface area contributed by atoms with Crippen molar-refractivity contribution in [3.05, 3.63) is 23.9 Å². The monoisotopic (exact) mass is 248 g/mol. The fourth-order valence-electron chi connectivity index (χ4n) is 1.40. The normalized spacial score (nSPS) is 11.5. The van der Waals surface area contributed by atoms with Gasteiger partial charge < -0.3 is 10.4 Å². The SMILES string of the molecule is OCCCCCNc1ncccc1C(F)(F)F. The number of aliphatic hydroxyl groups excluding tert-OH is 1. The Balaban J connectivity index is 2.53. The van der Waals surface area contributed by atoms with Crippen LogP contribution in [0.25, 0.3) is 0 Å². The van der Waals surface area contributed by atoms with Crippen LogP contribution in [-0.2, 0) is 6.18 Å². The van der Waals surface area contributed by atoms with E-state index < -0.39 is 11.7 Å². The van der Waals surface area contributed by atoms with E-state index in [0.29, 0.717) is 19.4 Å². The molecule has 0 unspecified atom stereocenters. The second-order valence-electron chi connectivity index (χ2n) is 3.61. The molecule has 96 valence electrons. The molecule has 0 aromatic carbocycles. The lowest BCUT2D eigenvalue weighted by molar-refractivity contribution is -0.137. The Bertz CT molecular complexity index is 342. The zero-order chi connectivity index (χ0) is 12.7. The van der Waals surface area contributed by atoms with Gasteiger partial charge in [0.2, 0.25) is 0 Å².